The lowest BCUT2D eigenvalue weighted by Gasteiger charge is -2.18. The van der Waals surface area contributed by atoms with Gasteiger partial charge in [-0.2, -0.15) is 0 Å². The Morgan fingerprint density at radius 2 is 2.04 bits per heavy atom. The van der Waals surface area contributed by atoms with Crippen LogP contribution in [0.2, 0.25) is 0 Å². The summed E-state index contributed by atoms with van der Waals surface area (Å²) in [5, 5.41) is 2.89. The third-order valence-corrected chi connectivity index (χ3v) is 4.26. The van der Waals surface area contributed by atoms with Gasteiger partial charge in [0.1, 0.15) is 5.56 Å². The van der Waals surface area contributed by atoms with Gasteiger partial charge in [-0.3, -0.25) is 9.59 Å². The van der Waals surface area contributed by atoms with E-state index in [1.807, 2.05) is 18.2 Å². The molecule has 1 amide bonds. The molecule has 1 aliphatic heterocycles. The standard InChI is InChI=1S/C18H21N3O2/c1-13-7-8-16(18(23)20-13)17(22)19-11-14-9-10-21(12-14)15-5-3-2-4-6-15/h2-8,14H,9-12H2,1H3,(H,19,22)(H,20,23)/t14-/m0/s1. The predicted octanol–water partition coefficient (Wildman–Crippen LogP) is 1.94. The summed E-state index contributed by atoms with van der Waals surface area (Å²) in [7, 11) is 0. The predicted molar refractivity (Wildman–Crippen MR) is 90.9 cm³/mol. The molecule has 3 rings (SSSR count). The quantitative estimate of drug-likeness (QED) is 0.907. The number of rotatable bonds is 4. The van der Waals surface area contributed by atoms with Crippen molar-refractivity contribution in [2.45, 2.75) is 13.3 Å². The molecule has 0 unspecified atom stereocenters. The Balaban J connectivity index is 1.55. The fourth-order valence-corrected chi connectivity index (χ4v) is 2.96. The minimum atomic E-state index is -0.333. The number of carbonyl (C=O) groups is 1. The monoisotopic (exact) mass is 311 g/mol. The summed E-state index contributed by atoms with van der Waals surface area (Å²) < 4.78 is 0. The Kier molecular flexibility index (Phi) is 4.46. The fraction of sp³-hybridized carbons (Fsp3) is 0.333. The first-order valence-corrected chi connectivity index (χ1v) is 7.91. The van der Waals surface area contributed by atoms with E-state index in [0.29, 0.717) is 12.5 Å². The van der Waals surface area contributed by atoms with Crippen molar-refractivity contribution in [3.63, 3.8) is 0 Å². The van der Waals surface area contributed by atoms with Crippen LogP contribution < -0.4 is 15.8 Å². The van der Waals surface area contributed by atoms with Gasteiger partial charge in [-0.05, 0) is 43.5 Å². The van der Waals surface area contributed by atoms with Gasteiger partial charge in [0.15, 0.2) is 0 Å². The van der Waals surface area contributed by atoms with E-state index in [-0.39, 0.29) is 17.0 Å². The van der Waals surface area contributed by atoms with Crippen molar-refractivity contribution >= 4 is 11.6 Å². The third-order valence-electron chi connectivity index (χ3n) is 4.26. The fourth-order valence-electron chi connectivity index (χ4n) is 2.96. The molecule has 1 aromatic heterocycles. The lowest BCUT2D eigenvalue weighted by atomic mass is 10.1. The molecule has 1 aliphatic rings. The summed E-state index contributed by atoms with van der Waals surface area (Å²) in [6.07, 6.45) is 1.04. The second kappa shape index (κ2) is 6.69. The first-order valence-electron chi connectivity index (χ1n) is 7.91. The van der Waals surface area contributed by atoms with Gasteiger partial charge in [0.2, 0.25) is 0 Å². The lowest BCUT2D eigenvalue weighted by molar-refractivity contribution is 0.0946. The highest BCUT2D eigenvalue weighted by Crippen LogP contribution is 2.22. The zero-order valence-electron chi connectivity index (χ0n) is 13.2. The maximum Gasteiger partial charge on any atom is 0.260 e. The van der Waals surface area contributed by atoms with Crippen molar-refractivity contribution in [1.82, 2.24) is 10.3 Å². The molecule has 0 radical (unpaired) electrons. The number of pyridine rings is 1. The molecule has 1 saturated heterocycles. The van der Waals surface area contributed by atoms with Gasteiger partial charge in [0, 0.05) is 31.0 Å². The number of hydrogen-bond acceptors (Lipinski definition) is 3. The van der Waals surface area contributed by atoms with Crippen molar-refractivity contribution in [2.24, 2.45) is 5.92 Å². The van der Waals surface area contributed by atoms with Crippen LogP contribution in [0.15, 0.2) is 47.3 Å². The van der Waals surface area contributed by atoms with Crippen molar-refractivity contribution in [2.75, 3.05) is 24.5 Å². The Morgan fingerprint density at radius 3 is 2.78 bits per heavy atom. The topological polar surface area (TPSA) is 65.2 Å². The number of aryl methyl sites for hydroxylation is 1. The SMILES string of the molecule is Cc1ccc(C(=O)NC[C@@H]2CCN(c3ccccc3)C2)c(=O)[nH]1. The number of H-pyrrole nitrogens is 1. The Bertz CT molecular complexity index is 739. The molecule has 0 bridgehead atoms. The van der Waals surface area contributed by atoms with Gasteiger partial charge >= 0.3 is 0 Å². The maximum atomic E-state index is 12.1. The molecule has 2 heterocycles. The molecule has 2 N–H and O–H groups in total. The van der Waals surface area contributed by atoms with Crippen LogP contribution in [0.4, 0.5) is 5.69 Å². The van der Waals surface area contributed by atoms with Crippen molar-refractivity contribution < 1.29 is 4.79 Å². The number of nitrogens with zero attached hydrogens (tertiary/aromatic N) is 1. The van der Waals surface area contributed by atoms with E-state index < -0.39 is 0 Å². The molecular formula is C18H21N3O2. The van der Waals surface area contributed by atoms with Crippen LogP contribution in [0.3, 0.4) is 0 Å². The van der Waals surface area contributed by atoms with Gasteiger partial charge < -0.3 is 15.2 Å². The average Bonchev–Trinajstić information content (AvgIpc) is 3.02. The van der Waals surface area contributed by atoms with Crippen molar-refractivity contribution in [3.05, 3.63) is 64.1 Å². The molecule has 5 nitrogen and oxygen atoms in total. The molecule has 0 saturated carbocycles. The molecular weight excluding hydrogens is 290 g/mol. The van der Waals surface area contributed by atoms with Gasteiger partial charge in [-0.15, -0.1) is 0 Å². The lowest BCUT2D eigenvalue weighted by Crippen LogP contribution is -2.34. The highest BCUT2D eigenvalue weighted by molar-refractivity contribution is 5.93. The van der Waals surface area contributed by atoms with Gasteiger partial charge in [0.25, 0.3) is 11.5 Å². The maximum absolute atomic E-state index is 12.1. The van der Waals surface area contributed by atoms with Crippen LogP contribution in [0.5, 0.6) is 0 Å². The Morgan fingerprint density at radius 1 is 1.26 bits per heavy atom. The number of amides is 1. The summed E-state index contributed by atoms with van der Waals surface area (Å²) in [6.45, 7) is 4.31. The summed E-state index contributed by atoms with van der Waals surface area (Å²) in [5.41, 5.74) is 1.81. The second-order valence-electron chi connectivity index (χ2n) is 6.03. The molecule has 1 aromatic carbocycles. The minimum absolute atomic E-state index is 0.175. The van der Waals surface area contributed by atoms with E-state index in [9.17, 15) is 9.59 Å². The first-order chi connectivity index (χ1) is 11.1. The Labute approximate surface area is 135 Å². The van der Waals surface area contributed by atoms with Gasteiger partial charge in [-0.1, -0.05) is 18.2 Å². The van der Waals surface area contributed by atoms with Crippen LogP contribution in [0.25, 0.3) is 0 Å². The van der Waals surface area contributed by atoms with Crippen LogP contribution in [-0.2, 0) is 0 Å². The zero-order chi connectivity index (χ0) is 16.2. The van der Waals surface area contributed by atoms with E-state index in [2.05, 4.69) is 27.3 Å². The summed E-state index contributed by atoms with van der Waals surface area (Å²) >= 11 is 0. The molecule has 0 spiro atoms. The Hall–Kier alpha value is -2.56. The zero-order valence-corrected chi connectivity index (χ0v) is 13.2. The molecule has 0 aliphatic carbocycles. The number of aromatic amines is 1. The second-order valence-corrected chi connectivity index (χ2v) is 6.03. The van der Waals surface area contributed by atoms with E-state index >= 15 is 0 Å². The molecule has 120 valence electrons. The smallest absolute Gasteiger partial charge is 0.260 e. The van der Waals surface area contributed by atoms with E-state index in [4.69, 9.17) is 0 Å². The number of para-hydroxylation sites is 1. The average molecular weight is 311 g/mol. The van der Waals surface area contributed by atoms with Gasteiger partial charge in [-0.25, -0.2) is 0 Å². The summed E-state index contributed by atoms with van der Waals surface area (Å²) in [6, 6.07) is 13.6. The molecule has 5 heteroatoms. The number of anilines is 1. The largest absolute Gasteiger partial charge is 0.371 e. The van der Waals surface area contributed by atoms with Crippen LogP contribution in [-0.4, -0.2) is 30.5 Å². The summed E-state index contributed by atoms with van der Waals surface area (Å²) in [5.74, 6) is 0.105. The van der Waals surface area contributed by atoms with Crippen LogP contribution in [0.1, 0.15) is 22.5 Å². The number of nitrogens with one attached hydrogen (secondary N) is 2. The molecule has 23 heavy (non-hydrogen) atoms. The first kappa shape index (κ1) is 15.3. The summed E-state index contributed by atoms with van der Waals surface area (Å²) in [4.78, 5) is 28.9. The van der Waals surface area contributed by atoms with E-state index in [1.54, 1.807) is 19.1 Å². The van der Waals surface area contributed by atoms with Crippen molar-refractivity contribution in [3.8, 4) is 0 Å². The number of aromatic nitrogens is 1. The normalized spacial score (nSPS) is 17.3. The molecule has 2 aromatic rings. The van der Waals surface area contributed by atoms with Crippen LogP contribution in [0, 0.1) is 12.8 Å². The van der Waals surface area contributed by atoms with E-state index in [0.717, 1.165) is 25.2 Å². The van der Waals surface area contributed by atoms with E-state index in [1.165, 1.54) is 5.69 Å². The van der Waals surface area contributed by atoms with Crippen molar-refractivity contribution in [1.29, 1.82) is 0 Å². The van der Waals surface area contributed by atoms with Gasteiger partial charge in [0.05, 0.1) is 0 Å². The minimum Gasteiger partial charge on any atom is -0.371 e. The number of carbonyl (C=O) groups excluding carboxylic acids is 1. The third kappa shape index (κ3) is 3.62. The molecule has 1 atom stereocenters. The highest BCUT2D eigenvalue weighted by atomic mass is 16.2. The highest BCUT2D eigenvalue weighted by Gasteiger charge is 2.23. The number of hydrogen-bond donors (Lipinski definition) is 2. The molecule has 1 fully saturated rings. The van der Waals surface area contributed by atoms with Crippen LogP contribution >= 0.6 is 0 Å². The number of benzene rings is 1.